The maximum atomic E-state index is 14.0. The predicted octanol–water partition coefficient (Wildman–Crippen LogP) is 3.53. The molecular weight excluding hydrogens is 614 g/mol. The first kappa shape index (κ1) is 35.8. The first-order valence-electron chi connectivity index (χ1n) is 16.5. The molecule has 0 unspecified atom stereocenters. The molecule has 0 saturated carbocycles. The highest BCUT2D eigenvalue weighted by Gasteiger charge is 2.31. The van der Waals surface area contributed by atoms with Crippen LogP contribution in [0.2, 0.25) is 0 Å². The number of esters is 1. The smallest absolute Gasteiger partial charge is 0.330 e. The van der Waals surface area contributed by atoms with E-state index in [0.717, 1.165) is 22.8 Å². The van der Waals surface area contributed by atoms with Crippen molar-refractivity contribution in [3.63, 3.8) is 0 Å². The molecule has 1 fully saturated rings. The average molecular weight is 660 g/mol. The Kier molecular flexibility index (Phi) is 12.9. The molecule has 3 aromatic rings. The third-order valence-electron chi connectivity index (χ3n) is 8.14. The van der Waals surface area contributed by atoms with Crippen LogP contribution in [-0.4, -0.2) is 66.0 Å². The highest BCUT2D eigenvalue weighted by atomic mass is 16.5. The van der Waals surface area contributed by atoms with Gasteiger partial charge in [-0.2, -0.15) is 0 Å². The van der Waals surface area contributed by atoms with E-state index in [9.17, 15) is 24.0 Å². The molecule has 256 valence electrons. The molecular formula is C36H45N5O7. The summed E-state index contributed by atoms with van der Waals surface area (Å²) in [5.41, 5.74) is 0.868. The third-order valence-corrected chi connectivity index (χ3v) is 8.14. The molecule has 2 aromatic carbocycles. The number of aryl methyl sites for hydroxylation is 1. The minimum atomic E-state index is -1.06. The zero-order valence-corrected chi connectivity index (χ0v) is 27.9. The Bertz CT molecular complexity index is 1630. The van der Waals surface area contributed by atoms with Gasteiger partial charge in [0.2, 0.25) is 17.7 Å². The summed E-state index contributed by atoms with van der Waals surface area (Å²) in [5.74, 6) is -2.18. The second-order valence-electron chi connectivity index (χ2n) is 12.5. The number of piperidine rings is 1. The summed E-state index contributed by atoms with van der Waals surface area (Å²) in [4.78, 5) is 65.7. The molecule has 1 aliphatic rings. The van der Waals surface area contributed by atoms with Crippen molar-refractivity contribution in [2.45, 2.75) is 77.9 Å². The molecule has 4 N–H and O–H groups in total. The van der Waals surface area contributed by atoms with Crippen molar-refractivity contribution in [1.82, 2.24) is 26.4 Å². The number of fused-ring (bicyclic) bond motifs is 1. The lowest BCUT2D eigenvalue weighted by molar-refractivity contribution is -0.137. The maximum Gasteiger partial charge on any atom is 0.330 e. The first-order chi connectivity index (χ1) is 23.0. The minimum absolute atomic E-state index is 0.0166. The van der Waals surface area contributed by atoms with Crippen LogP contribution < -0.4 is 21.3 Å². The number of ether oxygens (including phenoxy) is 1. The standard InChI is InChI=1S/C36H45N5O7/c1-5-47-32(42)16-15-27(20-26-13-9-17-37-33(26)43)38-34(44)29(18-22(2)3)39-35(45)30(40-36(46)31-19-23(4)48-41-31)21-25-12-8-11-24-10-6-7-14-28(24)25/h6-8,10-12,14-16,19,22,26-27,29-30H,5,9,13,17-18,20-21H2,1-4H3,(H,37,43)(H,38,44)(H,39,45)(H,40,46)/b16-15+/t26-,27+,29-,30-/m0/s1. The summed E-state index contributed by atoms with van der Waals surface area (Å²) in [7, 11) is 0. The van der Waals surface area contributed by atoms with E-state index in [0.29, 0.717) is 25.1 Å². The SMILES string of the molecule is CCOC(=O)/C=C/[C@H](C[C@@H]1CCCNC1=O)NC(=O)[C@H](CC(C)C)NC(=O)[C@H](Cc1cccc2ccccc12)NC(=O)c1cc(C)on1. The van der Waals surface area contributed by atoms with E-state index in [1.54, 1.807) is 13.8 Å². The van der Waals surface area contributed by atoms with Gasteiger partial charge in [-0.1, -0.05) is 67.5 Å². The lowest BCUT2D eigenvalue weighted by atomic mass is 9.91. The Morgan fingerprint density at radius 1 is 1.04 bits per heavy atom. The number of nitrogens with zero attached hydrogens (tertiary/aromatic N) is 1. The van der Waals surface area contributed by atoms with Gasteiger partial charge in [0.1, 0.15) is 17.8 Å². The minimum Gasteiger partial charge on any atom is -0.463 e. The van der Waals surface area contributed by atoms with E-state index in [1.807, 2.05) is 56.3 Å². The van der Waals surface area contributed by atoms with Crippen molar-refractivity contribution in [3.05, 3.63) is 77.7 Å². The van der Waals surface area contributed by atoms with Crippen molar-refractivity contribution in [3.8, 4) is 0 Å². The fourth-order valence-electron chi connectivity index (χ4n) is 5.80. The molecule has 0 spiro atoms. The molecule has 4 rings (SSSR count). The van der Waals surface area contributed by atoms with Crippen LogP contribution in [0.15, 0.2) is 65.2 Å². The zero-order valence-electron chi connectivity index (χ0n) is 27.9. The van der Waals surface area contributed by atoms with Gasteiger partial charge in [0.05, 0.1) is 6.61 Å². The van der Waals surface area contributed by atoms with Gasteiger partial charge in [0.25, 0.3) is 5.91 Å². The molecule has 1 saturated heterocycles. The van der Waals surface area contributed by atoms with Crippen molar-refractivity contribution in [2.75, 3.05) is 13.2 Å². The van der Waals surface area contributed by atoms with E-state index in [-0.39, 0.29) is 42.9 Å². The van der Waals surface area contributed by atoms with Crippen LogP contribution in [0.5, 0.6) is 0 Å². The molecule has 12 heteroatoms. The number of carbonyl (C=O) groups excluding carboxylic acids is 5. The van der Waals surface area contributed by atoms with Gasteiger partial charge in [-0.25, -0.2) is 4.79 Å². The lowest BCUT2D eigenvalue weighted by Crippen LogP contribution is -2.56. The van der Waals surface area contributed by atoms with Crippen LogP contribution in [-0.2, 0) is 30.3 Å². The molecule has 4 amide bonds. The number of benzene rings is 2. The highest BCUT2D eigenvalue weighted by Crippen LogP contribution is 2.21. The number of hydrogen-bond acceptors (Lipinski definition) is 8. The molecule has 1 aromatic heterocycles. The molecule has 0 bridgehead atoms. The van der Waals surface area contributed by atoms with Crippen LogP contribution in [0.25, 0.3) is 10.8 Å². The van der Waals surface area contributed by atoms with Crippen molar-refractivity contribution in [2.24, 2.45) is 11.8 Å². The summed E-state index contributed by atoms with van der Waals surface area (Å²) in [6.07, 6.45) is 4.94. The Morgan fingerprint density at radius 2 is 1.79 bits per heavy atom. The average Bonchev–Trinajstić information content (AvgIpc) is 3.50. The summed E-state index contributed by atoms with van der Waals surface area (Å²) >= 11 is 0. The van der Waals surface area contributed by atoms with Gasteiger partial charge in [0.15, 0.2) is 5.69 Å². The molecule has 4 atom stereocenters. The second-order valence-corrected chi connectivity index (χ2v) is 12.5. The largest absolute Gasteiger partial charge is 0.463 e. The molecule has 0 aliphatic carbocycles. The lowest BCUT2D eigenvalue weighted by Gasteiger charge is -2.28. The van der Waals surface area contributed by atoms with Gasteiger partial charge in [0, 0.05) is 37.1 Å². The van der Waals surface area contributed by atoms with Crippen LogP contribution in [0.4, 0.5) is 0 Å². The summed E-state index contributed by atoms with van der Waals surface area (Å²) in [5, 5.41) is 17.2. The van der Waals surface area contributed by atoms with Gasteiger partial charge >= 0.3 is 5.97 Å². The van der Waals surface area contributed by atoms with Crippen molar-refractivity contribution in [1.29, 1.82) is 0 Å². The number of rotatable bonds is 15. The molecule has 48 heavy (non-hydrogen) atoms. The van der Waals surface area contributed by atoms with Crippen LogP contribution in [0.1, 0.15) is 68.3 Å². The third kappa shape index (κ3) is 10.2. The van der Waals surface area contributed by atoms with Crippen LogP contribution in [0, 0.1) is 18.8 Å². The van der Waals surface area contributed by atoms with Gasteiger partial charge < -0.3 is 30.5 Å². The molecule has 1 aliphatic heterocycles. The van der Waals surface area contributed by atoms with E-state index in [1.165, 1.54) is 18.2 Å². The van der Waals surface area contributed by atoms with Crippen molar-refractivity contribution < 1.29 is 33.2 Å². The number of aromatic nitrogens is 1. The number of nitrogens with one attached hydrogen (secondary N) is 4. The Balaban J connectivity index is 1.57. The Morgan fingerprint density at radius 3 is 2.50 bits per heavy atom. The van der Waals surface area contributed by atoms with Gasteiger partial charge in [-0.05, 0) is 61.8 Å². The fraction of sp³-hybridized carbons (Fsp3) is 0.444. The second kappa shape index (κ2) is 17.2. The van der Waals surface area contributed by atoms with E-state index >= 15 is 0 Å². The molecule has 12 nitrogen and oxygen atoms in total. The number of hydrogen-bond donors (Lipinski definition) is 4. The maximum absolute atomic E-state index is 14.0. The van der Waals surface area contributed by atoms with Gasteiger partial charge in [-0.3, -0.25) is 19.2 Å². The highest BCUT2D eigenvalue weighted by molar-refractivity contribution is 5.98. The van der Waals surface area contributed by atoms with E-state index in [4.69, 9.17) is 9.26 Å². The zero-order chi connectivity index (χ0) is 34.6. The van der Waals surface area contributed by atoms with E-state index in [2.05, 4.69) is 26.4 Å². The number of amides is 4. The van der Waals surface area contributed by atoms with Gasteiger partial charge in [-0.15, -0.1) is 0 Å². The fourth-order valence-corrected chi connectivity index (χ4v) is 5.80. The summed E-state index contributed by atoms with van der Waals surface area (Å²) in [6, 6.07) is 12.3. The Hall–Kier alpha value is -5.00. The topological polar surface area (TPSA) is 169 Å². The Labute approximate surface area is 280 Å². The predicted molar refractivity (Wildman–Crippen MR) is 180 cm³/mol. The summed E-state index contributed by atoms with van der Waals surface area (Å²) < 4.78 is 10.1. The quantitative estimate of drug-likeness (QED) is 0.142. The molecule has 2 heterocycles. The first-order valence-corrected chi connectivity index (χ1v) is 16.5. The monoisotopic (exact) mass is 659 g/mol. The normalized spacial score (nSPS) is 16.6. The summed E-state index contributed by atoms with van der Waals surface area (Å²) in [6.45, 7) is 8.01. The van der Waals surface area contributed by atoms with Crippen molar-refractivity contribution >= 4 is 40.4 Å². The molecule has 0 radical (unpaired) electrons. The van der Waals surface area contributed by atoms with E-state index < -0.39 is 41.8 Å². The van der Waals surface area contributed by atoms with Crippen LogP contribution in [0.3, 0.4) is 0 Å². The number of carbonyl (C=O) groups is 5. The van der Waals surface area contributed by atoms with Crippen LogP contribution >= 0.6 is 0 Å².